The zero-order chi connectivity index (χ0) is 27.9. The molecule has 5 rings (SSSR count). The number of nitrogens with zero attached hydrogens (tertiary/aromatic N) is 4. The van der Waals surface area contributed by atoms with E-state index in [4.69, 9.17) is 4.42 Å². The average molecular weight is 556 g/mol. The number of hydrogen-bond donors (Lipinski definition) is 1. The number of carbonyl (C=O) groups is 1. The molecular formula is C27H27F2N5O4S. The molecule has 3 heterocycles. The summed E-state index contributed by atoms with van der Waals surface area (Å²) in [6, 6.07) is 9.42. The van der Waals surface area contributed by atoms with E-state index >= 15 is 8.78 Å². The standard InChI is InChI=1S/C27H27F2N5O4S/c1-16-12-18(4-5-19(16)26(35)33(2)3)31-27-32-23-6-7-30-24(25(23)38-27)17-13-21(28)20(22(29)14-17)15-34-8-10-39(36,37)11-9-34/h4-7,12-14H,8-11,15H2,1-3H3,(H,31,32). The smallest absolute Gasteiger partial charge is 0.300 e. The van der Waals surface area contributed by atoms with Crippen molar-refractivity contribution < 1.29 is 26.4 Å². The zero-order valence-electron chi connectivity index (χ0n) is 21.7. The SMILES string of the molecule is Cc1cc(Nc2nc3ccnc(-c4cc(F)c(CN5CCS(=O)(=O)CC5)c(F)c4)c3o2)ccc1C(=O)N(C)C. The Labute approximate surface area is 224 Å². The van der Waals surface area contributed by atoms with Gasteiger partial charge in [-0.1, -0.05) is 0 Å². The summed E-state index contributed by atoms with van der Waals surface area (Å²) >= 11 is 0. The second-order valence-corrected chi connectivity index (χ2v) is 12.0. The molecule has 1 N–H and O–H groups in total. The van der Waals surface area contributed by atoms with Crippen LogP contribution in [-0.2, 0) is 16.4 Å². The molecule has 39 heavy (non-hydrogen) atoms. The van der Waals surface area contributed by atoms with Crippen molar-refractivity contribution in [3.63, 3.8) is 0 Å². The number of aryl methyl sites for hydroxylation is 1. The third-order valence-electron chi connectivity index (χ3n) is 6.65. The summed E-state index contributed by atoms with van der Waals surface area (Å²) in [5.41, 5.74) is 2.98. The van der Waals surface area contributed by atoms with Gasteiger partial charge in [0.2, 0.25) is 0 Å². The van der Waals surface area contributed by atoms with Crippen molar-refractivity contribution in [2.24, 2.45) is 0 Å². The van der Waals surface area contributed by atoms with Crippen LogP contribution >= 0.6 is 0 Å². The van der Waals surface area contributed by atoms with Crippen molar-refractivity contribution in [3.05, 3.63) is 70.9 Å². The molecule has 0 unspecified atom stereocenters. The number of amides is 1. The van der Waals surface area contributed by atoms with Crippen LogP contribution in [-0.4, -0.2) is 72.8 Å². The van der Waals surface area contributed by atoms with Gasteiger partial charge in [-0.05, 0) is 48.9 Å². The molecule has 1 saturated heterocycles. The highest BCUT2D eigenvalue weighted by atomic mass is 32.2. The van der Waals surface area contributed by atoms with Gasteiger partial charge < -0.3 is 14.6 Å². The first-order valence-corrected chi connectivity index (χ1v) is 14.1. The van der Waals surface area contributed by atoms with Crippen LogP contribution < -0.4 is 5.32 Å². The maximum absolute atomic E-state index is 15.1. The van der Waals surface area contributed by atoms with Gasteiger partial charge in [0.1, 0.15) is 22.8 Å². The predicted octanol–water partition coefficient (Wildman–Crippen LogP) is 4.15. The van der Waals surface area contributed by atoms with E-state index in [0.29, 0.717) is 16.8 Å². The van der Waals surface area contributed by atoms with Crippen molar-refractivity contribution in [1.82, 2.24) is 19.8 Å². The van der Waals surface area contributed by atoms with Crippen molar-refractivity contribution in [1.29, 1.82) is 0 Å². The summed E-state index contributed by atoms with van der Waals surface area (Å²) in [4.78, 5) is 24.2. The molecule has 0 spiro atoms. The van der Waals surface area contributed by atoms with E-state index in [0.717, 1.165) is 5.56 Å². The minimum atomic E-state index is -3.09. The number of sulfone groups is 1. The van der Waals surface area contributed by atoms with Gasteiger partial charge >= 0.3 is 0 Å². The minimum Gasteiger partial charge on any atom is -0.421 e. The number of halogens is 2. The normalized spacial score (nSPS) is 15.4. The Bertz CT molecular complexity index is 1650. The number of carbonyl (C=O) groups excluding carboxylic acids is 1. The van der Waals surface area contributed by atoms with E-state index in [9.17, 15) is 13.2 Å². The lowest BCUT2D eigenvalue weighted by atomic mass is 10.1. The van der Waals surface area contributed by atoms with Gasteiger partial charge in [0, 0.05) is 62.3 Å². The molecule has 0 radical (unpaired) electrons. The molecule has 0 bridgehead atoms. The predicted molar refractivity (Wildman–Crippen MR) is 144 cm³/mol. The van der Waals surface area contributed by atoms with Crippen molar-refractivity contribution in [3.8, 4) is 11.3 Å². The van der Waals surface area contributed by atoms with Gasteiger partial charge in [0.25, 0.3) is 11.9 Å². The summed E-state index contributed by atoms with van der Waals surface area (Å²) in [5.74, 6) is -1.66. The molecule has 0 atom stereocenters. The Balaban J connectivity index is 1.40. The maximum Gasteiger partial charge on any atom is 0.300 e. The molecule has 204 valence electrons. The van der Waals surface area contributed by atoms with E-state index in [-0.39, 0.29) is 65.5 Å². The second kappa shape index (κ2) is 10.3. The molecule has 1 fully saturated rings. The molecule has 2 aromatic carbocycles. The summed E-state index contributed by atoms with van der Waals surface area (Å²) in [6.45, 7) is 2.26. The lowest BCUT2D eigenvalue weighted by Gasteiger charge is -2.26. The zero-order valence-corrected chi connectivity index (χ0v) is 22.5. The van der Waals surface area contributed by atoms with Crippen molar-refractivity contribution >= 4 is 38.5 Å². The minimum absolute atomic E-state index is 0.0278. The van der Waals surface area contributed by atoms with Crippen LogP contribution in [0, 0.1) is 18.6 Å². The third kappa shape index (κ3) is 5.62. The number of rotatable bonds is 6. The van der Waals surface area contributed by atoms with Crippen LogP contribution in [0.2, 0.25) is 0 Å². The van der Waals surface area contributed by atoms with E-state index in [1.54, 1.807) is 43.3 Å². The van der Waals surface area contributed by atoms with E-state index in [1.165, 1.54) is 23.2 Å². The number of hydrogen-bond acceptors (Lipinski definition) is 8. The Morgan fingerprint density at radius 1 is 1.10 bits per heavy atom. The van der Waals surface area contributed by atoms with Gasteiger partial charge in [0.15, 0.2) is 15.4 Å². The van der Waals surface area contributed by atoms with Crippen molar-refractivity contribution in [2.75, 3.05) is 44.0 Å². The first kappa shape index (κ1) is 26.7. The number of aromatic nitrogens is 2. The maximum atomic E-state index is 15.1. The molecule has 0 aliphatic carbocycles. The van der Waals surface area contributed by atoms with E-state index in [1.807, 2.05) is 6.92 Å². The monoisotopic (exact) mass is 555 g/mol. The highest BCUT2D eigenvalue weighted by molar-refractivity contribution is 7.91. The summed E-state index contributed by atoms with van der Waals surface area (Å²) in [7, 11) is 0.279. The van der Waals surface area contributed by atoms with Crippen molar-refractivity contribution in [2.45, 2.75) is 13.5 Å². The summed E-state index contributed by atoms with van der Waals surface area (Å²) in [6.07, 6.45) is 1.48. The number of benzene rings is 2. The molecule has 1 aliphatic heterocycles. The highest BCUT2D eigenvalue weighted by Crippen LogP contribution is 2.32. The topological polar surface area (TPSA) is 109 Å². The van der Waals surface area contributed by atoms with Gasteiger partial charge in [-0.15, -0.1) is 0 Å². The van der Waals surface area contributed by atoms with Gasteiger partial charge in [-0.3, -0.25) is 14.7 Å². The lowest BCUT2D eigenvalue weighted by molar-refractivity contribution is 0.0827. The molecule has 4 aromatic rings. The first-order chi connectivity index (χ1) is 18.5. The number of nitrogens with one attached hydrogen (secondary N) is 1. The van der Waals surface area contributed by atoms with E-state index < -0.39 is 21.5 Å². The Kier molecular flexibility index (Phi) is 7.08. The Hall–Kier alpha value is -3.90. The van der Waals surface area contributed by atoms with Gasteiger partial charge in [-0.25, -0.2) is 17.2 Å². The fraction of sp³-hybridized carbons (Fsp3) is 0.296. The molecular weight excluding hydrogens is 528 g/mol. The quantitative estimate of drug-likeness (QED) is 0.378. The largest absolute Gasteiger partial charge is 0.421 e. The molecule has 12 heteroatoms. The highest BCUT2D eigenvalue weighted by Gasteiger charge is 2.24. The molecule has 0 saturated carbocycles. The number of anilines is 2. The van der Waals surface area contributed by atoms with Crippen LogP contribution in [0.3, 0.4) is 0 Å². The third-order valence-corrected chi connectivity index (χ3v) is 8.26. The fourth-order valence-corrected chi connectivity index (χ4v) is 5.76. The van der Waals surface area contributed by atoms with Gasteiger partial charge in [-0.2, -0.15) is 4.98 Å². The molecule has 9 nitrogen and oxygen atoms in total. The molecule has 1 aliphatic rings. The Morgan fingerprint density at radius 3 is 2.44 bits per heavy atom. The second-order valence-electron chi connectivity index (χ2n) is 9.73. The molecule has 1 amide bonds. The average Bonchev–Trinajstić information content (AvgIpc) is 3.29. The van der Waals surface area contributed by atoms with Crippen LogP contribution in [0.5, 0.6) is 0 Å². The van der Waals surface area contributed by atoms with Crippen LogP contribution in [0.4, 0.5) is 20.5 Å². The first-order valence-electron chi connectivity index (χ1n) is 12.3. The lowest BCUT2D eigenvalue weighted by Crippen LogP contribution is -2.40. The number of pyridine rings is 1. The van der Waals surface area contributed by atoms with Crippen LogP contribution in [0.1, 0.15) is 21.5 Å². The summed E-state index contributed by atoms with van der Waals surface area (Å²) in [5, 5.41) is 3.06. The summed E-state index contributed by atoms with van der Waals surface area (Å²) < 4.78 is 59.4. The van der Waals surface area contributed by atoms with E-state index in [2.05, 4.69) is 15.3 Å². The number of fused-ring (bicyclic) bond motifs is 1. The fourth-order valence-electron chi connectivity index (χ4n) is 4.48. The molecule has 2 aromatic heterocycles. The Morgan fingerprint density at radius 2 is 1.79 bits per heavy atom. The van der Waals surface area contributed by atoms with Gasteiger partial charge in [0.05, 0.1) is 11.5 Å². The van der Waals surface area contributed by atoms with Crippen LogP contribution in [0.15, 0.2) is 47.0 Å². The number of oxazole rings is 1. The van der Waals surface area contributed by atoms with Crippen LogP contribution in [0.25, 0.3) is 22.4 Å².